The first-order valence-electron chi connectivity index (χ1n) is 11.2. The van der Waals surface area contributed by atoms with Gasteiger partial charge < -0.3 is 14.5 Å². The average molecular weight is 503 g/mol. The van der Waals surface area contributed by atoms with E-state index in [9.17, 15) is 27.6 Å². The molecule has 1 fully saturated rings. The highest BCUT2D eigenvalue weighted by Crippen LogP contribution is 2.27. The summed E-state index contributed by atoms with van der Waals surface area (Å²) in [7, 11) is 1.46. The Balaban J connectivity index is 1.38. The summed E-state index contributed by atoms with van der Waals surface area (Å²) in [5, 5.41) is 5.09. The third kappa shape index (κ3) is 5.88. The Kier molecular flexibility index (Phi) is 7.34. The first kappa shape index (κ1) is 25.3. The number of carbonyl (C=O) groups is 3. The predicted octanol–water partition coefficient (Wildman–Crippen LogP) is 2.19. The van der Waals surface area contributed by atoms with E-state index in [1.54, 1.807) is 34.2 Å². The molecule has 0 bridgehead atoms. The summed E-state index contributed by atoms with van der Waals surface area (Å²) in [5.74, 6) is -0.778. The van der Waals surface area contributed by atoms with Crippen LogP contribution in [0.4, 0.5) is 13.2 Å². The fourth-order valence-electron chi connectivity index (χ4n) is 4.00. The summed E-state index contributed by atoms with van der Waals surface area (Å²) >= 11 is 0. The minimum absolute atomic E-state index is 0.0118. The van der Waals surface area contributed by atoms with E-state index in [1.807, 2.05) is 0 Å². The zero-order valence-corrected chi connectivity index (χ0v) is 19.5. The Hall–Kier alpha value is -3.80. The molecule has 1 aliphatic rings. The van der Waals surface area contributed by atoms with Crippen molar-refractivity contribution in [2.75, 3.05) is 39.9 Å². The van der Waals surface area contributed by atoms with E-state index in [0.29, 0.717) is 42.6 Å². The van der Waals surface area contributed by atoms with Gasteiger partial charge in [0.15, 0.2) is 5.78 Å². The molecule has 0 N–H and O–H groups in total. The van der Waals surface area contributed by atoms with E-state index >= 15 is 0 Å². The van der Waals surface area contributed by atoms with Gasteiger partial charge >= 0.3 is 6.18 Å². The number of carbonyl (C=O) groups excluding carboxylic acids is 3. The van der Waals surface area contributed by atoms with Crippen LogP contribution in [0.25, 0.3) is 10.9 Å². The Morgan fingerprint density at radius 1 is 1.00 bits per heavy atom. The van der Waals surface area contributed by atoms with Crippen molar-refractivity contribution >= 4 is 28.5 Å². The van der Waals surface area contributed by atoms with Gasteiger partial charge in [-0.3, -0.25) is 19.1 Å². The van der Waals surface area contributed by atoms with E-state index in [1.165, 1.54) is 17.9 Å². The summed E-state index contributed by atoms with van der Waals surface area (Å²) in [6, 6.07) is 8.31. The van der Waals surface area contributed by atoms with Crippen LogP contribution in [0.2, 0.25) is 0 Å². The molecule has 3 heterocycles. The highest BCUT2D eigenvalue weighted by Gasteiger charge is 2.33. The van der Waals surface area contributed by atoms with Crippen LogP contribution in [-0.4, -0.2) is 82.1 Å². The largest absolute Gasteiger partial charge is 0.433 e. The van der Waals surface area contributed by atoms with Gasteiger partial charge in [0.1, 0.15) is 24.5 Å². The van der Waals surface area contributed by atoms with Crippen LogP contribution in [0.15, 0.2) is 42.6 Å². The van der Waals surface area contributed by atoms with Gasteiger partial charge in [0.2, 0.25) is 11.8 Å². The Labute approximate surface area is 204 Å². The van der Waals surface area contributed by atoms with Crippen molar-refractivity contribution in [1.82, 2.24) is 24.6 Å². The third-order valence-electron chi connectivity index (χ3n) is 5.86. The molecule has 9 nitrogen and oxygen atoms in total. The number of ketones is 1. The molecule has 0 atom stereocenters. The predicted molar refractivity (Wildman–Crippen MR) is 122 cm³/mol. The number of halogens is 3. The molecule has 1 saturated heterocycles. The maximum atomic E-state index is 12.9. The normalized spacial score (nSPS) is 14.3. The van der Waals surface area contributed by atoms with Gasteiger partial charge in [0.25, 0.3) is 0 Å². The number of benzene rings is 1. The monoisotopic (exact) mass is 503 g/mol. The summed E-state index contributed by atoms with van der Waals surface area (Å²) in [6.45, 7) is 1.75. The fraction of sp³-hybridized carbons (Fsp3) is 0.375. The molecule has 190 valence electrons. The van der Waals surface area contributed by atoms with Gasteiger partial charge in [-0.2, -0.15) is 18.3 Å². The lowest BCUT2D eigenvalue weighted by Gasteiger charge is -2.34. The number of aromatic nitrogens is 3. The molecule has 2 amide bonds. The van der Waals surface area contributed by atoms with Gasteiger partial charge in [-0.15, -0.1) is 0 Å². The Morgan fingerprint density at radius 3 is 2.36 bits per heavy atom. The molecular weight excluding hydrogens is 479 g/mol. The number of piperazine rings is 1. The molecule has 2 aromatic heterocycles. The van der Waals surface area contributed by atoms with E-state index in [2.05, 4.69) is 10.1 Å². The number of hydrogen-bond acceptors (Lipinski definition) is 6. The second-order valence-electron chi connectivity index (χ2n) is 8.42. The van der Waals surface area contributed by atoms with Crippen LogP contribution >= 0.6 is 0 Å². The fourth-order valence-corrected chi connectivity index (χ4v) is 4.00. The number of fused-ring (bicyclic) bond motifs is 1. The molecular formula is C24H24F3N5O4. The minimum Gasteiger partial charge on any atom is -0.375 e. The molecule has 4 rings (SSSR count). The second-order valence-corrected chi connectivity index (χ2v) is 8.42. The molecule has 0 unspecified atom stereocenters. The Morgan fingerprint density at radius 2 is 1.69 bits per heavy atom. The molecule has 36 heavy (non-hydrogen) atoms. The van der Waals surface area contributed by atoms with Crippen molar-refractivity contribution in [2.45, 2.75) is 19.1 Å². The molecule has 0 spiro atoms. The number of pyridine rings is 1. The maximum Gasteiger partial charge on any atom is 0.433 e. The highest BCUT2D eigenvalue weighted by atomic mass is 19.4. The molecule has 0 aliphatic carbocycles. The van der Waals surface area contributed by atoms with Gasteiger partial charge in [-0.1, -0.05) is 12.1 Å². The quantitative estimate of drug-likeness (QED) is 0.459. The van der Waals surface area contributed by atoms with Crippen LogP contribution in [-0.2, 0) is 33.5 Å². The lowest BCUT2D eigenvalue weighted by atomic mass is 10.0. The lowest BCUT2D eigenvalue weighted by Crippen LogP contribution is -2.52. The highest BCUT2D eigenvalue weighted by molar-refractivity contribution is 5.96. The smallest absolute Gasteiger partial charge is 0.375 e. The van der Waals surface area contributed by atoms with Crippen molar-refractivity contribution in [3.05, 3.63) is 59.5 Å². The third-order valence-corrected chi connectivity index (χ3v) is 5.86. The summed E-state index contributed by atoms with van der Waals surface area (Å²) < 4.78 is 45.0. The standard InChI is InChI=1S/C24H24F3N5O4/c1-36-15-23(35)31-9-7-30(8-10-31)22(34)14-32-13-17-11-16(5-6-18(17)29-32)12-20(33)19-3-2-4-21(28-19)24(25,26)27/h2-6,11,13H,7-10,12,14-15H2,1H3. The van der Waals surface area contributed by atoms with Crippen molar-refractivity contribution in [2.24, 2.45) is 0 Å². The van der Waals surface area contributed by atoms with Crippen molar-refractivity contribution < 1.29 is 32.3 Å². The second kappa shape index (κ2) is 10.4. The van der Waals surface area contributed by atoms with E-state index in [4.69, 9.17) is 4.74 Å². The number of alkyl halides is 3. The molecule has 1 aromatic carbocycles. The number of ether oxygens (including phenoxy) is 1. The van der Waals surface area contributed by atoms with E-state index in [-0.39, 0.29) is 37.1 Å². The van der Waals surface area contributed by atoms with Gasteiger partial charge in [-0.05, 0) is 29.8 Å². The summed E-state index contributed by atoms with van der Waals surface area (Å²) in [4.78, 5) is 43.9. The molecule has 0 radical (unpaired) electrons. The summed E-state index contributed by atoms with van der Waals surface area (Å²) in [5.41, 5.74) is -0.159. The van der Waals surface area contributed by atoms with Crippen LogP contribution in [0, 0.1) is 0 Å². The number of Topliss-reactive ketones (excluding diaryl/α,β-unsaturated/α-hetero) is 1. The number of nitrogens with zero attached hydrogens (tertiary/aromatic N) is 5. The molecule has 12 heteroatoms. The van der Waals surface area contributed by atoms with Crippen LogP contribution < -0.4 is 0 Å². The van der Waals surface area contributed by atoms with Crippen LogP contribution in [0.3, 0.4) is 0 Å². The van der Waals surface area contributed by atoms with Crippen molar-refractivity contribution in [3.8, 4) is 0 Å². The van der Waals surface area contributed by atoms with Crippen LogP contribution in [0.5, 0.6) is 0 Å². The maximum absolute atomic E-state index is 12.9. The molecule has 3 aromatic rings. The van der Waals surface area contributed by atoms with E-state index in [0.717, 1.165) is 12.1 Å². The average Bonchev–Trinajstić information content (AvgIpc) is 3.25. The zero-order chi connectivity index (χ0) is 25.9. The SMILES string of the molecule is COCC(=O)N1CCN(C(=O)Cn2cc3cc(CC(=O)c4cccc(C(F)(F)F)n4)ccc3n2)CC1. The van der Waals surface area contributed by atoms with Crippen molar-refractivity contribution in [3.63, 3.8) is 0 Å². The van der Waals surface area contributed by atoms with Gasteiger partial charge in [-0.25, -0.2) is 4.98 Å². The topological polar surface area (TPSA) is 97.6 Å². The van der Waals surface area contributed by atoms with Gasteiger partial charge in [0.05, 0.1) is 5.52 Å². The number of amides is 2. The van der Waals surface area contributed by atoms with Crippen LogP contribution in [0.1, 0.15) is 21.7 Å². The van der Waals surface area contributed by atoms with E-state index < -0.39 is 17.7 Å². The van der Waals surface area contributed by atoms with Crippen molar-refractivity contribution in [1.29, 1.82) is 0 Å². The Bertz CT molecular complexity index is 1280. The number of rotatable bonds is 7. The number of hydrogen-bond donors (Lipinski definition) is 0. The summed E-state index contributed by atoms with van der Waals surface area (Å²) in [6.07, 6.45) is -3.07. The first-order valence-corrected chi connectivity index (χ1v) is 11.2. The molecule has 0 saturated carbocycles. The zero-order valence-electron chi connectivity index (χ0n) is 19.5. The minimum atomic E-state index is -4.63. The first-order chi connectivity index (χ1) is 17.1. The molecule has 1 aliphatic heterocycles. The van der Waals surface area contributed by atoms with Gasteiger partial charge in [0, 0.05) is 51.3 Å². The lowest BCUT2D eigenvalue weighted by molar-refractivity contribution is -0.142. The number of methoxy groups -OCH3 is 1.